The maximum atomic E-state index is 7.78. The van der Waals surface area contributed by atoms with Crippen molar-refractivity contribution in [2.24, 2.45) is 5.73 Å². The number of hydrogen-bond acceptors (Lipinski definition) is 5. The minimum absolute atomic E-state index is 0.0908. The monoisotopic (exact) mass is 290 g/mol. The molecule has 0 saturated carbocycles. The third-order valence-corrected chi connectivity index (χ3v) is 4.28. The molecule has 0 amide bonds. The number of nitrogens with two attached hydrogens (primary N) is 1. The van der Waals surface area contributed by atoms with E-state index in [4.69, 9.17) is 11.1 Å². The highest BCUT2D eigenvalue weighted by Crippen LogP contribution is 2.34. The Morgan fingerprint density at radius 1 is 1.32 bits per heavy atom. The van der Waals surface area contributed by atoms with Crippen molar-refractivity contribution in [2.45, 2.75) is 21.7 Å². The minimum Gasteiger partial charge on any atom is -0.384 e. The third kappa shape index (κ3) is 3.48. The van der Waals surface area contributed by atoms with Crippen LogP contribution in [0.5, 0.6) is 0 Å². The molecule has 1 aromatic heterocycles. The lowest BCUT2D eigenvalue weighted by Gasteiger charge is -2.12. The first-order valence-electron chi connectivity index (χ1n) is 5.76. The quantitative estimate of drug-likeness (QED) is 0.383. The second-order valence-corrected chi connectivity index (χ2v) is 5.99. The van der Waals surface area contributed by atoms with Crippen LogP contribution in [0.1, 0.15) is 12.5 Å². The first-order chi connectivity index (χ1) is 9.22. The van der Waals surface area contributed by atoms with Crippen molar-refractivity contribution in [2.75, 3.05) is 5.75 Å². The first kappa shape index (κ1) is 13.9. The van der Waals surface area contributed by atoms with Crippen molar-refractivity contribution in [1.82, 2.24) is 9.97 Å². The maximum absolute atomic E-state index is 7.78. The van der Waals surface area contributed by atoms with Crippen LogP contribution in [0.15, 0.2) is 51.6 Å². The van der Waals surface area contributed by atoms with Crippen LogP contribution in [0.25, 0.3) is 0 Å². The largest absolute Gasteiger partial charge is 0.384 e. The molecule has 0 fully saturated rings. The van der Waals surface area contributed by atoms with E-state index in [1.54, 1.807) is 18.0 Å². The van der Waals surface area contributed by atoms with Gasteiger partial charge >= 0.3 is 0 Å². The summed E-state index contributed by atoms with van der Waals surface area (Å²) in [7, 11) is 0. The Bertz CT molecular complexity index is 572. The summed E-state index contributed by atoms with van der Waals surface area (Å²) in [4.78, 5) is 10.1. The predicted molar refractivity (Wildman–Crippen MR) is 80.0 cm³/mol. The molecule has 0 aliphatic rings. The summed E-state index contributed by atoms with van der Waals surface area (Å²) in [6.45, 7) is 2.08. The maximum Gasteiger partial charge on any atom is 0.125 e. The molecule has 0 unspecified atom stereocenters. The highest BCUT2D eigenvalue weighted by molar-refractivity contribution is 8.00. The SMILES string of the molecule is CCSc1cccc(Sc2ccncn2)c1C(=N)N. The van der Waals surface area contributed by atoms with Crippen LogP contribution in [0, 0.1) is 5.41 Å². The molecule has 98 valence electrons. The predicted octanol–water partition coefficient (Wildman–Crippen LogP) is 3.02. The van der Waals surface area contributed by atoms with Crippen molar-refractivity contribution in [3.63, 3.8) is 0 Å². The van der Waals surface area contributed by atoms with Gasteiger partial charge in [-0.25, -0.2) is 9.97 Å². The molecule has 1 aromatic carbocycles. The molecule has 0 spiro atoms. The van der Waals surface area contributed by atoms with Crippen LogP contribution in [-0.4, -0.2) is 21.6 Å². The highest BCUT2D eigenvalue weighted by Gasteiger charge is 2.12. The highest BCUT2D eigenvalue weighted by atomic mass is 32.2. The third-order valence-electron chi connectivity index (χ3n) is 2.33. The van der Waals surface area contributed by atoms with Crippen LogP contribution in [-0.2, 0) is 0 Å². The first-order valence-corrected chi connectivity index (χ1v) is 7.56. The van der Waals surface area contributed by atoms with E-state index in [0.717, 1.165) is 26.1 Å². The van der Waals surface area contributed by atoms with E-state index < -0.39 is 0 Å². The number of hydrogen-bond donors (Lipinski definition) is 2. The Hall–Kier alpha value is -1.53. The Balaban J connectivity index is 2.39. The van der Waals surface area contributed by atoms with Gasteiger partial charge in [0.1, 0.15) is 17.2 Å². The zero-order chi connectivity index (χ0) is 13.7. The summed E-state index contributed by atoms with van der Waals surface area (Å²) < 4.78 is 0. The molecular formula is C13H14N4S2. The fourth-order valence-corrected chi connectivity index (χ4v) is 3.43. The molecule has 0 bridgehead atoms. The van der Waals surface area contributed by atoms with Crippen molar-refractivity contribution >= 4 is 29.4 Å². The van der Waals surface area contributed by atoms with Gasteiger partial charge in [-0.05, 0) is 24.0 Å². The van der Waals surface area contributed by atoms with E-state index in [2.05, 4.69) is 16.9 Å². The van der Waals surface area contributed by atoms with Crippen molar-refractivity contribution in [3.05, 3.63) is 42.4 Å². The fraction of sp³-hybridized carbons (Fsp3) is 0.154. The molecule has 2 rings (SSSR count). The van der Waals surface area contributed by atoms with Gasteiger partial charge in [-0.15, -0.1) is 11.8 Å². The second-order valence-electron chi connectivity index (χ2n) is 3.63. The van der Waals surface area contributed by atoms with Gasteiger partial charge in [0.2, 0.25) is 0 Å². The Labute approximate surface area is 120 Å². The molecule has 3 N–H and O–H groups in total. The van der Waals surface area contributed by atoms with Gasteiger partial charge < -0.3 is 5.73 Å². The van der Waals surface area contributed by atoms with Crippen LogP contribution in [0.4, 0.5) is 0 Å². The smallest absolute Gasteiger partial charge is 0.125 e. The Morgan fingerprint density at radius 3 is 2.74 bits per heavy atom. The van der Waals surface area contributed by atoms with Crippen LogP contribution in [0.2, 0.25) is 0 Å². The zero-order valence-electron chi connectivity index (χ0n) is 10.5. The van der Waals surface area contributed by atoms with Gasteiger partial charge in [-0.2, -0.15) is 0 Å². The molecule has 0 atom stereocenters. The van der Waals surface area contributed by atoms with E-state index in [0.29, 0.717) is 0 Å². The number of benzene rings is 1. The summed E-state index contributed by atoms with van der Waals surface area (Å²) in [6, 6.07) is 7.78. The van der Waals surface area contributed by atoms with Gasteiger partial charge in [0.15, 0.2) is 0 Å². The molecule has 0 radical (unpaired) electrons. The number of nitrogens with one attached hydrogen (secondary N) is 1. The lowest BCUT2D eigenvalue weighted by molar-refractivity contribution is 1.05. The molecule has 4 nitrogen and oxygen atoms in total. The summed E-state index contributed by atoms with van der Waals surface area (Å²) in [5.41, 5.74) is 6.51. The molecule has 0 aliphatic heterocycles. The van der Waals surface area contributed by atoms with Crippen molar-refractivity contribution in [1.29, 1.82) is 5.41 Å². The summed E-state index contributed by atoms with van der Waals surface area (Å²) in [5, 5.41) is 8.62. The standard InChI is InChI=1S/C13H14N4S2/c1-2-18-9-4-3-5-10(12(9)13(14)15)19-11-6-7-16-8-17-11/h3-8H,2H2,1H3,(H3,14,15). The van der Waals surface area contributed by atoms with Crippen molar-refractivity contribution in [3.8, 4) is 0 Å². The van der Waals surface area contributed by atoms with Gasteiger partial charge in [-0.1, -0.05) is 24.8 Å². The summed E-state index contributed by atoms with van der Waals surface area (Å²) in [5.74, 6) is 1.04. The number of aromatic nitrogens is 2. The molecule has 2 aromatic rings. The second kappa shape index (κ2) is 6.58. The Kier molecular flexibility index (Phi) is 4.81. The van der Waals surface area contributed by atoms with Crippen LogP contribution < -0.4 is 5.73 Å². The number of thioether (sulfide) groups is 1. The van der Waals surface area contributed by atoms with Crippen LogP contribution in [0.3, 0.4) is 0 Å². The molecule has 0 saturated heterocycles. The summed E-state index contributed by atoms with van der Waals surface area (Å²) in [6.07, 6.45) is 3.22. The van der Waals surface area contributed by atoms with Gasteiger partial charge in [-0.3, -0.25) is 5.41 Å². The molecule has 0 aliphatic carbocycles. The normalized spacial score (nSPS) is 10.4. The van der Waals surface area contributed by atoms with E-state index in [-0.39, 0.29) is 5.84 Å². The average molecular weight is 290 g/mol. The van der Waals surface area contributed by atoms with E-state index in [1.165, 1.54) is 18.1 Å². The number of nitrogens with zero attached hydrogens (tertiary/aromatic N) is 2. The average Bonchev–Trinajstić information content (AvgIpc) is 2.40. The lowest BCUT2D eigenvalue weighted by atomic mass is 10.2. The molecule has 1 heterocycles. The van der Waals surface area contributed by atoms with Gasteiger partial charge in [0.05, 0.1) is 0 Å². The van der Waals surface area contributed by atoms with Crippen molar-refractivity contribution < 1.29 is 0 Å². The molecular weight excluding hydrogens is 276 g/mol. The summed E-state index contributed by atoms with van der Waals surface area (Å²) >= 11 is 3.19. The van der Waals surface area contributed by atoms with Gasteiger partial charge in [0, 0.05) is 21.6 Å². The van der Waals surface area contributed by atoms with Gasteiger partial charge in [0.25, 0.3) is 0 Å². The Morgan fingerprint density at radius 2 is 2.11 bits per heavy atom. The van der Waals surface area contributed by atoms with E-state index in [1.807, 2.05) is 24.3 Å². The number of amidine groups is 1. The lowest BCUT2D eigenvalue weighted by Crippen LogP contribution is -2.13. The van der Waals surface area contributed by atoms with Crippen LogP contribution >= 0.6 is 23.5 Å². The fourth-order valence-electron chi connectivity index (χ4n) is 1.59. The number of nitrogen functional groups attached to an aromatic ring is 1. The van der Waals surface area contributed by atoms with E-state index in [9.17, 15) is 0 Å². The zero-order valence-corrected chi connectivity index (χ0v) is 12.1. The minimum atomic E-state index is 0.0908. The molecule has 19 heavy (non-hydrogen) atoms. The topological polar surface area (TPSA) is 75.7 Å². The molecule has 6 heteroatoms. The van der Waals surface area contributed by atoms with E-state index >= 15 is 0 Å². The number of rotatable bonds is 5.